The van der Waals surface area contributed by atoms with Crippen LogP contribution in [-0.4, -0.2) is 24.3 Å². The third-order valence-corrected chi connectivity index (χ3v) is 3.70. The zero-order valence-electron chi connectivity index (χ0n) is 16.5. The topological polar surface area (TPSA) is 46.5 Å². The molecule has 0 bridgehead atoms. The van der Waals surface area contributed by atoms with Gasteiger partial charge in [-0.2, -0.15) is 0 Å². The number of unbranched alkanes of at least 4 members (excludes halogenated alkanes) is 1. The molecule has 0 unspecified atom stereocenters. The normalized spacial score (nSPS) is 13.8. The fourth-order valence-corrected chi connectivity index (χ4v) is 2.22. The van der Waals surface area contributed by atoms with E-state index >= 15 is 0 Å². The Bertz CT molecular complexity index is 470. The molecule has 0 saturated carbocycles. The molecule has 1 N–H and O–H groups in total. The van der Waals surface area contributed by atoms with Gasteiger partial charge < -0.3 is 9.84 Å². The molecule has 0 rings (SSSR count). The summed E-state index contributed by atoms with van der Waals surface area (Å²) >= 11 is 0. The lowest BCUT2D eigenvalue weighted by atomic mass is 10.1. The number of aliphatic hydroxyl groups is 1. The number of esters is 1. The highest BCUT2D eigenvalue weighted by molar-refractivity contribution is 5.69. The SMILES string of the molecule is CC/C=C\C/C=C\C/C=C\C/C=C\C/C=C\CCC[C@@H](O)CC(=O)OC. The number of hydrogen-bond acceptors (Lipinski definition) is 3. The van der Waals surface area contributed by atoms with Crippen LogP contribution in [0.4, 0.5) is 0 Å². The average Bonchev–Trinajstić information content (AvgIpc) is 2.64. The first-order chi connectivity index (χ1) is 12.7. The van der Waals surface area contributed by atoms with Crippen molar-refractivity contribution in [2.75, 3.05) is 7.11 Å². The summed E-state index contributed by atoms with van der Waals surface area (Å²) in [4.78, 5) is 11.0. The molecule has 26 heavy (non-hydrogen) atoms. The minimum absolute atomic E-state index is 0.0855. The molecule has 0 spiro atoms. The lowest BCUT2D eigenvalue weighted by molar-refractivity contribution is -0.142. The fraction of sp³-hybridized carbons (Fsp3) is 0.522. The molecule has 0 saturated heterocycles. The molecule has 0 heterocycles. The Morgan fingerprint density at radius 3 is 1.77 bits per heavy atom. The molecular weight excluding hydrogens is 324 g/mol. The third kappa shape index (κ3) is 18.5. The first-order valence-electron chi connectivity index (χ1n) is 9.70. The molecule has 3 nitrogen and oxygen atoms in total. The lowest BCUT2D eigenvalue weighted by Gasteiger charge is -2.07. The number of rotatable bonds is 15. The molecule has 0 amide bonds. The van der Waals surface area contributed by atoms with Crippen LogP contribution in [0, 0.1) is 0 Å². The highest BCUT2D eigenvalue weighted by Gasteiger charge is 2.09. The molecule has 0 radical (unpaired) electrons. The maximum Gasteiger partial charge on any atom is 0.308 e. The van der Waals surface area contributed by atoms with Crippen LogP contribution in [0.5, 0.6) is 0 Å². The van der Waals surface area contributed by atoms with Crippen LogP contribution in [0.25, 0.3) is 0 Å². The van der Waals surface area contributed by atoms with Gasteiger partial charge in [0.1, 0.15) is 0 Å². The number of aliphatic hydroxyl groups excluding tert-OH is 1. The minimum atomic E-state index is -0.592. The summed E-state index contributed by atoms with van der Waals surface area (Å²) in [5.74, 6) is -0.354. The van der Waals surface area contributed by atoms with E-state index in [1.807, 2.05) is 0 Å². The van der Waals surface area contributed by atoms with Crippen LogP contribution in [0.3, 0.4) is 0 Å². The molecule has 0 aromatic rings. The second kappa shape index (κ2) is 19.5. The molecule has 1 atom stereocenters. The Kier molecular flexibility index (Phi) is 18.1. The van der Waals surface area contributed by atoms with Gasteiger partial charge in [0.25, 0.3) is 0 Å². The van der Waals surface area contributed by atoms with E-state index in [1.165, 1.54) is 7.11 Å². The molecular formula is C23H36O3. The van der Waals surface area contributed by atoms with Gasteiger partial charge in [0.2, 0.25) is 0 Å². The monoisotopic (exact) mass is 360 g/mol. The summed E-state index contributed by atoms with van der Waals surface area (Å²) < 4.78 is 4.53. The number of carbonyl (C=O) groups is 1. The standard InChI is InChI=1S/C23H36O3/c1-3-4-5-6-7-8-9-10-11-12-13-14-15-16-17-18-19-20-22(24)21-23(25)26-2/h4-5,7-8,10-11,13-14,16-17,22,24H,3,6,9,12,15,18-21H2,1-2H3/b5-4-,8-7-,11-10-,14-13-,17-16-/t22-/m1/s1. The van der Waals surface area contributed by atoms with E-state index in [0.717, 1.165) is 44.9 Å². The molecule has 0 aliphatic carbocycles. The second-order valence-electron chi connectivity index (χ2n) is 6.07. The molecule has 0 aliphatic heterocycles. The van der Waals surface area contributed by atoms with Crippen molar-refractivity contribution in [3.05, 3.63) is 60.8 Å². The molecule has 3 heteroatoms. The number of methoxy groups -OCH3 is 1. The van der Waals surface area contributed by atoms with Crippen LogP contribution < -0.4 is 0 Å². The van der Waals surface area contributed by atoms with Crippen molar-refractivity contribution in [3.8, 4) is 0 Å². The Morgan fingerprint density at radius 2 is 1.31 bits per heavy atom. The lowest BCUT2D eigenvalue weighted by Crippen LogP contribution is -2.14. The van der Waals surface area contributed by atoms with Gasteiger partial charge in [-0.25, -0.2) is 0 Å². The summed E-state index contributed by atoms with van der Waals surface area (Å²) in [5, 5.41) is 9.63. The van der Waals surface area contributed by atoms with Gasteiger partial charge in [0.15, 0.2) is 0 Å². The van der Waals surface area contributed by atoms with Crippen LogP contribution in [-0.2, 0) is 9.53 Å². The predicted molar refractivity (Wildman–Crippen MR) is 111 cm³/mol. The first kappa shape index (κ1) is 24.1. The van der Waals surface area contributed by atoms with E-state index in [9.17, 15) is 9.90 Å². The van der Waals surface area contributed by atoms with Gasteiger partial charge >= 0.3 is 5.97 Å². The number of carbonyl (C=O) groups excluding carboxylic acids is 1. The second-order valence-corrected chi connectivity index (χ2v) is 6.07. The van der Waals surface area contributed by atoms with E-state index in [0.29, 0.717) is 6.42 Å². The largest absolute Gasteiger partial charge is 0.469 e. The van der Waals surface area contributed by atoms with Crippen molar-refractivity contribution in [2.45, 2.75) is 70.8 Å². The van der Waals surface area contributed by atoms with E-state index in [-0.39, 0.29) is 12.4 Å². The van der Waals surface area contributed by atoms with Crippen molar-refractivity contribution in [3.63, 3.8) is 0 Å². The van der Waals surface area contributed by atoms with Gasteiger partial charge in [-0.3, -0.25) is 4.79 Å². The summed E-state index contributed by atoms with van der Waals surface area (Å²) in [6.07, 6.45) is 28.7. The number of hydrogen-bond donors (Lipinski definition) is 1. The third-order valence-electron chi connectivity index (χ3n) is 3.70. The van der Waals surface area contributed by atoms with Gasteiger partial charge in [-0.15, -0.1) is 0 Å². The molecule has 0 fully saturated rings. The zero-order valence-corrected chi connectivity index (χ0v) is 16.5. The summed E-state index contributed by atoms with van der Waals surface area (Å²) in [7, 11) is 1.34. The van der Waals surface area contributed by atoms with Gasteiger partial charge in [-0.1, -0.05) is 67.7 Å². The summed E-state index contributed by atoms with van der Waals surface area (Å²) in [6.45, 7) is 2.15. The Labute approximate surface area is 159 Å². The van der Waals surface area contributed by atoms with Crippen LogP contribution in [0.1, 0.15) is 64.7 Å². The van der Waals surface area contributed by atoms with Crippen LogP contribution >= 0.6 is 0 Å². The predicted octanol–water partition coefficient (Wildman–Crippen LogP) is 5.83. The van der Waals surface area contributed by atoms with Crippen molar-refractivity contribution in [2.24, 2.45) is 0 Å². The zero-order chi connectivity index (χ0) is 19.3. The maximum atomic E-state index is 11.0. The van der Waals surface area contributed by atoms with Crippen LogP contribution in [0.2, 0.25) is 0 Å². The smallest absolute Gasteiger partial charge is 0.308 e. The summed E-state index contributed by atoms with van der Waals surface area (Å²) in [6, 6.07) is 0. The van der Waals surface area contributed by atoms with Gasteiger partial charge in [0, 0.05) is 0 Å². The summed E-state index contributed by atoms with van der Waals surface area (Å²) in [5.41, 5.74) is 0. The average molecular weight is 361 g/mol. The van der Waals surface area contributed by atoms with Crippen LogP contribution in [0.15, 0.2) is 60.8 Å². The van der Waals surface area contributed by atoms with E-state index in [1.54, 1.807) is 0 Å². The van der Waals surface area contributed by atoms with E-state index in [4.69, 9.17) is 0 Å². The van der Waals surface area contributed by atoms with Crippen molar-refractivity contribution >= 4 is 5.97 Å². The maximum absolute atomic E-state index is 11.0. The van der Waals surface area contributed by atoms with Crippen molar-refractivity contribution < 1.29 is 14.6 Å². The number of ether oxygens (including phenoxy) is 1. The Balaban J connectivity index is 3.54. The molecule has 0 aliphatic rings. The van der Waals surface area contributed by atoms with Gasteiger partial charge in [0.05, 0.1) is 19.6 Å². The molecule has 0 aromatic heterocycles. The quantitative estimate of drug-likeness (QED) is 0.227. The molecule has 0 aromatic carbocycles. The highest BCUT2D eigenvalue weighted by Crippen LogP contribution is 2.06. The Hall–Kier alpha value is -1.87. The Morgan fingerprint density at radius 1 is 0.846 bits per heavy atom. The van der Waals surface area contributed by atoms with E-state index in [2.05, 4.69) is 72.4 Å². The number of allylic oxidation sites excluding steroid dienone is 10. The van der Waals surface area contributed by atoms with E-state index < -0.39 is 6.10 Å². The van der Waals surface area contributed by atoms with Crippen molar-refractivity contribution in [1.29, 1.82) is 0 Å². The highest BCUT2D eigenvalue weighted by atomic mass is 16.5. The minimum Gasteiger partial charge on any atom is -0.469 e. The fourth-order valence-electron chi connectivity index (χ4n) is 2.22. The molecule has 146 valence electrons. The van der Waals surface area contributed by atoms with Gasteiger partial charge in [-0.05, 0) is 51.4 Å². The first-order valence-corrected chi connectivity index (χ1v) is 9.70. The van der Waals surface area contributed by atoms with Crippen molar-refractivity contribution in [1.82, 2.24) is 0 Å².